The summed E-state index contributed by atoms with van der Waals surface area (Å²) in [6.07, 6.45) is 4.04. The largest absolute Gasteiger partial charge is 0.485 e. The van der Waals surface area contributed by atoms with Crippen LogP contribution in [0, 0.1) is 0 Å². The van der Waals surface area contributed by atoms with Crippen LogP contribution in [-0.2, 0) is 6.54 Å². The van der Waals surface area contributed by atoms with Crippen LogP contribution in [0.25, 0.3) is 0 Å². The molecule has 120 valence electrons. The van der Waals surface area contributed by atoms with Crippen LogP contribution in [0.1, 0.15) is 36.5 Å². The van der Waals surface area contributed by atoms with Crippen molar-refractivity contribution in [2.75, 3.05) is 19.7 Å². The van der Waals surface area contributed by atoms with E-state index in [9.17, 15) is 0 Å². The molecule has 0 aliphatic carbocycles. The number of benzene rings is 2. The second-order valence-electron chi connectivity index (χ2n) is 6.44. The standard InChI is InChI=1S/C20H23NO2/c1-4-12-21(13-5-1)14-16-8-10-17(11-9-16)20-15-22-18-6-2-3-7-19(18)23-20/h2-3,6-11,20H,1,4-5,12-15H2/t20-/m1/s1. The highest BCUT2D eigenvalue weighted by atomic mass is 16.6. The zero-order chi connectivity index (χ0) is 15.5. The third-order valence-electron chi connectivity index (χ3n) is 4.71. The van der Waals surface area contributed by atoms with Crippen molar-refractivity contribution in [3.05, 3.63) is 59.7 Å². The molecule has 3 nitrogen and oxygen atoms in total. The Balaban J connectivity index is 1.42. The molecule has 1 saturated heterocycles. The minimum Gasteiger partial charge on any atom is -0.485 e. The molecule has 1 fully saturated rings. The van der Waals surface area contributed by atoms with Crippen molar-refractivity contribution in [1.82, 2.24) is 4.90 Å². The fraction of sp³-hybridized carbons (Fsp3) is 0.400. The molecule has 0 radical (unpaired) electrons. The first-order valence-electron chi connectivity index (χ1n) is 8.58. The number of likely N-dealkylation sites (tertiary alicyclic amines) is 1. The van der Waals surface area contributed by atoms with Crippen molar-refractivity contribution in [2.24, 2.45) is 0 Å². The molecular weight excluding hydrogens is 286 g/mol. The summed E-state index contributed by atoms with van der Waals surface area (Å²) in [6, 6.07) is 16.7. The zero-order valence-electron chi connectivity index (χ0n) is 13.4. The highest BCUT2D eigenvalue weighted by molar-refractivity contribution is 5.41. The number of hydrogen-bond acceptors (Lipinski definition) is 3. The molecule has 0 saturated carbocycles. The Kier molecular flexibility index (Phi) is 4.20. The SMILES string of the molecule is c1ccc2c(c1)OC[C@H](c1ccc(CN3CCCCC3)cc1)O2. The van der Waals surface area contributed by atoms with Crippen LogP contribution in [0.5, 0.6) is 11.5 Å². The van der Waals surface area contributed by atoms with Crippen LogP contribution in [-0.4, -0.2) is 24.6 Å². The Hall–Kier alpha value is -2.00. The smallest absolute Gasteiger partial charge is 0.162 e. The maximum absolute atomic E-state index is 6.07. The van der Waals surface area contributed by atoms with E-state index in [1.165, 1.54) is 43.5 Å². The molecule has 4 rings (SSSR count). The molecule has 2 aromatic carbocycles. The third-order valence-corrected chi connectivity index (χ3v) is 4.71. The van der Waals surface area contributed by atoms with Crippen LogP contribution in [0.2, 0.25) is 0 Å². The van der Waals surface area contributed by atoms with E-state index in [1.54, 1.807) is 0 Å². The first kappa shape index (κ1) is 14.6. The average Bonchev–Trinajstić information content (AvgIpc) is 2.63. The van der Waals surface area contributed by atoms with Gasteiger partial charge in [-0.05, 0) is 49.2 Å². The van der Waals surface area contributed by atoms with E-state index in [4.69, 9.17) is 9.47 Å². The molecule has 0 aromatic heterocycles. The number of nitrogens with zero attached hydrogens (tertiary/aromatic N) is 1. The lowest BCUT2D eigenvalue weighted by Gasteiger charge is -2.28. The second kappa shape index (κ2) is 6.63. The van der Waals surface area contributed by atoms with Gasteiger partial charge in [0.15, 0.2) is 17.6 Å². The fourth-order valence-electron chi connectivity index (χ4n) is 3.40. The summed E-state index contributed by atoms with van der Waals surface area (Å²) < 4.78 is 11.9. The quantitative estimate of drug-likeness (QED) is 0.849. The third kappa shape index (κ3) is 3.35. The molecule has 3 heteroatoms. The Bertz CT molecular complexity index is 647. The summed E-state index contributed by atoms with van der Waals surface area (Å²) in [6.45, 7) is 4.10. The van der Waals surface area contributed by atoms with Crippen molar-refractivity contribution in [3.63, 3.8) is 0 Å². The maximum atomic E-state index is 6.07. The van der Waals surface area contributed by atoms with Crippen molar-refractivity contribution < 1.29 is 9.47 Å². The van der Waals surface area contributed by atoms with E-state index in [0.29, 0.717) is 6.61 Å². The topological polar surface area (TPSA) is 21.7 Å². The van der Waals surface area contributed by atoms with E-state index in [0.717, 1.165) is 18.0 Å². The number of piperidine rings is 1. The van der Waals surface area contributed by atoms with Gasteiger partial charge in [0.1, 0.15) is 6.61 Å². The number of hydrogen-bond donors (Lipinski definition) is 0. The molecule has 23 heavy (non-hydrogen) atoms. The molecule has 0 N–H and O–H groups in total. The minimum atomic E-state index is -0.0195. The van der Waals surface area contributed by atoms with Crippen LogP contribution in [0.15, 0.2) is 48.5 Å². The monoisotopic (exact) mass is 309 g/mol. The van der Waals surface area contributed by atoms with Gasteiger partial charge in [0.25, 0.3) is 0 Å². The van der Waals surface area contributed by atoms with Crippen molar-refractivity contribution in [3.8, 4) is 11.5 Å². The Morgan fingerprint density at radius 3 is 2.39 bits per heavy atom. The van der Waals surface area contributed by atoms with Crippen LogP contribution < -0.4 is 9.47 Å². The van der Waals surface area contributed by atoms with Gasteiger partial charge in [-0.3, -0.25) is 4.90 Å². The Labute approximate surface area is 137 Å². The molecule has 0 amide bonds. The highest BCUT2D eigenvalue weighted by Crippen LogP contribution is 2.35. The van der Waals surface area contributed by atoms with E-state index >= 15 is 0 Å². The first-order valence-corrected chi connectivity index (χ1v) is 8.58. The lowest BCUT2D eigenvalue weighted by atomic mass is 10.1. The van der Waals surface area contributed by atoms with Gasteiger partial charge in [0.05, 0.1) is 0 Å². The van der Waals surface area contributed by atoms with Crippen molar-refractivity contribution >= 4 is 0 Å². The summed E-state index contributed by atoms with van der Waals surface area (Å²) in [5.74, 6) is 1.67. The van der Waals surface area contributed by atoms with Gasteiger partial charge in [-0.25, -0.2) is 0 Å². The van der Waals surface area contributed by atoms with Gasteiger partial charge in [0, 0.05) is 6.54 Å². The summed E-state index contributed by atoms with van der Waals surface area (Å²) >= 11 is 0. The molecule has 0 bridgehead atoms. The van der Waals surface area contributed by atoms with Crippen molar-refractivity contribution in [2.45, 2.75) is 31.9 Å². The van der Waals surface area contributed by atoms with Crippen molar-refractivity contribution in [1.29, 1.82) is 0 Å². The molecule has 2 aromatic rings. The minimum absolute atomic E-state index is 0.0195. The molecule has 0 spiro atoms. The summed E-state index contributed by atoms with van der Waals surface area (Å²) in [5.41, 5.74) is 2.56. The van der Waals surface area contributed by atoms with Gasteiger partial charge in [0.2, 0.25) is 0 Å². The normalized spacial score (nSPS) is 21.1. The Morgan fingerprint density at radius 1 is 0.870 bits per heavy atom. The molecule has 0 unspecified atom stereocenters. The second-order valence-corrected chi connectivity index (χ2v) is 6.44. The predicted molar refractivity (Wildman–Crippen MR) is 90.9 cm³/mol. The highest BCUT2D eigenvalue weighted by Gasteiger charge is 2.22. The number of rotatable bonds is 3. The van der Waals surface area contributed by atoms with Crippen LogP contribution >= 0.6 is 0 Å². The van der Waals surface area contributed by atoms with E-state index in [-0.39, 0.29) is 6.10 Å². The van der Waals surface area contributed by atoms with E-state index in [2.05, 4.69) is 29.2 Å². The molecule has 2 aliphatic rings. The number of fused-ring (bicyclic) bond motifs is 1. The first-order chi connectivity index (χ1) is 11.4. The lowest BCUT2D eigenvalue weighted by Crippen LogP contribution is -2.29. The summed E-state index contributed by atoms with van der Waals surface area (Å²) in [5, 5.41) is 0. The molecule has 2 heterocycles. The van der Waals surface area contributed by atoms with E-state index < -0.39 is 0 Å². The summed E-state index contributed by atoms with van der Waals surface area (Å²) in [7, 11) is 0. The molecular formula is C20H23NO2. The average molecular weight is 309 g/mol. The zero-order valence-corrected chi connectivity index (χ0v) is 13.4. The summed E-state index contributed by atoms with van der Waals surface area (Å²) in [4.78, 5) is 2.55. The number of para-hydroxylation sites is 2. The lowest BCUT2D eigenvalue weighted by molar-refractivity contribution is 0.0913. The van der Waals surface area contributed by atoms with Gasteiger partial charge in [-0.2, -0.15) is 0 Å². The Morgan fingerprint density at radius 2 is 1.61 bits per heavy atom. The van der Waals surface area contributed by atoms with Gasteiger partial charge in [-0.1, -0.05) is 42.8 Å². The van der Waals surface area contributed by atoms with Crippen LogP contribution in [0.4, 0.5) is 0 Å². The maximum Gasteiger partial charge on any atom is 0.162 e. The van der Waals surface area contributed by atoms with Crippen LogP contribution in [0.3, 0.4) is 0 Å². The van der Waals surface area contributed by atoms with Gasteiger partial charge < -0.3 is 9.47 Å². The number of ether oxygens (including phenoxy) is 2. The predicted octanol–water partition coefficient (Wildman–Crippen LogP) is 4.19. The van der Waals surface area contributed by atoms with E-state index in [1.807, 2.05) is 24.3 Å². The molecule has 1 atom stereocenters. The molecule has 2 aliphatic heterocycles. The van der Waals surface area contributed by atoms with Gasteiger partial charge in [-0.15, -0.1) is 0 Å². The fourth-order valence-corrected chi connectivity index (χ4v) is 3.40. The van der Waals surface area contributed by atoms with Gasteiger partial charge >= 0.3 is 0 Å².